The lowest BCUT2D eigenvalue weighted by Crippen LogP contribution is -2.28. The van der Waals surface area contributed by atoms with Gasteiger partial charge in [-0.15, -0.1) is 0 Å². The number of aryl methyl sites for hydroxylation is 2. The molecule has 6 heteroatoms. The van der Waals surface area contributed by atoms with E-state index < -0.39 is 9.84 Å². The van der Waals surface area contributed by atoms with Crippen LogP contribution in [0.2, 0.25) is 0 Å². The molecule has 0 saturated carbocycles. The molecule has 0 unspecified atom stereocenters. The predicted octanol–water partition coefficient (Wildman–Crippen LogP) is 2.59. The molecule has 0 saturated heterocycles. The van der Waals surface area contributed by atoms with Crippen molar-refractivity contribution in [2.75, 3.05) is 18.8 Å². The maximum Gasteiger partial charge on any atom is 0.179 e. The van der Waals surface area contributed by atoms with Gasteiger partial charge in [0.25, 0.3) is 0 Å². The van der Waals surface area contributed by atoms with Crippen LogP contribution in [0.25, 0.3) is 0 Å². The Morgan fingerprint density at radius 1 is 1.18 bits per heavy atom. The van der Waals surface area contributed by atoms with Gasteiger partial charge in [-0.3, -0.25) is 4.90 Å². The van der Waals surface area contributed by atoms with Gasteiger partial charge in [-0.1, -0.05) is 29.8 Å². The second kappa shape index (κ2) is 7.07. The van der Waals surface area contributed by atoms with E-state index in [0.717, 1.165) is 23.6 Å². The van der Waals surface area contributed by atoms with Gasteiger partial charge in [0.05, 0.1) is 22.9 Å². The summed E-state index contributed by atoms with van der Waals surface area (Å²) in [6, 6.07) is 8.85. The van der Waals surface area contributed by atoms with Crippen molar-refractivity contribution in [2.45, 2.75) is 32.2 Å². The van der Waals surface area contributed by atoms with Crippen LogP contribution >= 0.6 is 0 Å². The smallest absolute Gasteiger partial charge is 0.179 e. The molecule has 1 aromatic heterocycles. The van der Waals surface area contributed by atoms with Crippen molar-refractivity contribution in [1.29, 1.82) is 0 Å². The second-order valence-corrected chi connectivity index (χ2v) is 7.54. The van der Waals surface area contributed by atoms with Gasteiger partial charge < -0.3 is 4.52 Å². The zero-order chi connectivity index (χ0) is 16.2. The third-order valence-corrected chi connectivity index (χ3v) is 5.27. The summed E-state index contributed by atoms with van der Waals surface area (Å²) in [4.78, 5) is 2.41. The lowest BCUT2D eigenvalue weighted by molar-refractivity contribution is 0.252. The van der Waals surface area contributed by atoms with Gasteiger partial charge in [0.1, 0.15) is 0 Å². The highest BCUT2D eigenvalue weighted by molar-refractivity contribution is 7.91. The molecule has 0 amide bonds. The van der Waals surface area contributed by atoms with E-state index in [1.807, 2.05) is 43.9 Å². The molecule has 0 aliphatic heterocycles. The zero-order valence-corrected chi connectivity index (χ0v) is 14.1. The number of aromatic nitrogens is 1. The number of sulfone groups is 1. The van der Waals surface area contributed by atoms with Crippen LogP contribution in [0.3, 0.4) is 0 Å². The maximum atomic E-state index is 12.4. The minimum atomic E-state index is -3.26. The SMILES string of the molecule is CCN(CCS(=O)(=O)c1ccc(C)cc1)Cc1cc(C)no1. The summed E-state index contributed by atoms with van der Waals surface area (Å²) in [7, 11) is -3.26. The van der Waals surface area contributed by atoms with Gasteiger partial charge >= 0.3 is 0 Å². The van der Waals surface area contributed by atoms with Crippen molar-refractivity contribution in [2.24, 2.45) is 0 Å². The molecule has 0 spiro atoms. The lowest BCUT2D eigenvalue weighted by atomic mass is 10.2. The Labute approximate surface area is 131 Å². The van der Waals surface area contributed by atoms with Crippen molar-refractivity contribution in [3.63, 3.8) is 0 Å². The first-order chi connectivity index (χ1) is 10.4. The molecule has 120 valence electrons. The summed E-state index contributed by atoms with van der Waals surface area (Å²) in [6.45, 7) is 7.60. The zero-order valence-electron chi connectivity index (χ0n) is 13.2. The molecule has 0 aliphatic carbocycles. The molecule has 0 aliphatic rings. The summed E-state index contributed by atoms with van der Waals surface area (Å²) in [6.07, 6.45) is 0. The van der Waals surface area contributed by atoms with Gasteiger partial charge in [-0.05, 0) is 32.5 Å². The highest BCUT2D eigenvalue weighted by Gasteiger charge is 2.17. The fraction of sp³-hybridized carbons (Fsp3) is 0.438. The summed E-state index contributed by atoms with van der Waals surface area (Å²) in [5.41, 5.74) is 1.88. The fourth-order valence-corrected chi connectivity index (χ4v) is 3.46. The number of hydrogen-bond donors (Lipinski definition) is 0. The predicted molar refractivity (Wildman–Crippen MR) is 85.4 cm³/mol. The topological polar surface area (TPSA) is 63.4 Å². The second-order valence-electron chi connectivity index (χ2n) is 5.44. The maximum absolute atomic E-state index is 12.4. The van der Waals surface area contributed by atoms with Crippen LogP contribution in [-0.4, -0.2) is 37.3 Å². The molecule has 2 aromatic rings. The van der Waals surface area contributed by atoms with Crippen LogP contribution in [0, 0.1) is 13.8 Å². The van der Waals surface area contributed by atoms with Gasteiger partial charge in [0.2, 0.25) is 0 Å². The molecular formula is C16H22N2O3S. The minimum Gasteiger partial charge on any atom is -0.360 e. The molecule has 0 N–H and O–H groups in total. The first kappa shape index (κ1) is 16.7. The van der Waals surface area contributed by atoms with E-state index in [0.29, 0.717) is 18.0 Å². The van der Waals surface area contributed by atoms with Crippen molar-refractivity contribution in [3.8, 4) is 0 Å². The quantitative estimate of drug-likeness (QED) is 0.784. The normalized spacial score (nSPS) is 12.0. The Morgan fingerprint density at radius 2 is 1.86 bits per heavy atom. The Kier molecular flexibility index (Phi) is 5.37. The number of nitrogens with zero attached hydrogens (tertiary/aromatic N) is 2. The van der Waals surface area contributed by atoms with Gasteiger partial charge in [-0.25, -0.2) is 8.42 Å². The van der Waals surface area contributed by atoms with E-state index in [1.54, 1.807) is 12.1 Å². The average Bonchev–Trinajstić information content (AvgIpc) is 2.89. The van der Waals surface area contributed by atoms with E-state index >= 15 is 0 Å². The van der Waals surface area contributed by atoms with Crippen molar-refractivity contribution in [3.05, 3.63) is 47.3 Å². The summed E-state index contributed by atoms with van der Waals surface area (Å²) < 4.78 is 29.9. The minimum absolute atomic E-state index is 0.0943. The van der Waals surface area contributed by atoms with E-state index in [-0.39, 0.29) is 5.75 Å². The van der Waals surface area contributed by atoms with Crippen LogP contribution in [0.5, 0.6) is 0 Å². The van der Waals surface area contributed by atoms with Gasteiger partial charge in [0.15, 0.2) is 15.6 Å². The third-order valence-electron chi connectivity index (χ3n) is 3.56. The highest BCUT2D eigenvalue weighted by atomic mass is 32.2. The van der Waals surface area contributed by atoms with Crippen molar-refractivity contribution >= 4 is 9.84 Å². The lowest BCUT2D eigenvalue weighted by Gasteiger charge is -2.18. The molecular weight excluding hydrogens is 300 g/mol. The molecule has 0 bridgehead atoms. The third kappa shape index (κ3) is 4.42. The largest absolute Gasteiger partial charge is 0.360 e. The molecule has 5 nitrogen and oxygen atoms in total. The highest BCUT2D eigenvalue weighted by Crippen LogP contribution is 2.13. The van der Waals surface area contributed by atoms with Crippen LogP contribution < -0.4 is 0 Å². The Bertz CT molecular complexity index is 705. The Hall–Kier alpha value is -1.66. The average molecular weight is 322 g/mol. The van der Waals surface area contributed by atoms with E-state index in [1.165, 1.54) is 0 Å². The first-order valence-electron chi connectivity index (χ1n) is 7.34. The molecule has 2 rings (SSSR count). The summed E-state index contributed by atoms with van der Waals surface area (Å²) >= 11 is 0. The monoisotopic (exact) mass is 322 g/mol. The number of rotatable bonds is 7. The molecule has 22 heavy (non-hydrogen) atoms. The molecule has 0 fully saturated rings. The first-order valence-corrected chi connectivity index (χ1v) is 9.00. The van der Waals surface area contributed by atoms with Crippen molar-refractivity contribution in [1.82, 2.24) is 10.1 Å². The van der Waals surface area contributed by atoms with Gasteiger partial charge in [-0.2, -0.15) is 0 Å². The van der Waals surface area contributed by atoms with Gasteiger partial charge in [0, 0.05) is 12.6 Å². The van der Waals surface area contributed by atoms with Crippen LogP contribution in [0.15, 0.2) is 39.8 Å². The van der Waals surface area contributed by atoms with E-state index in [2.05, 4.69) is 5.16 Å². The van der Waals surface area contributed by atoms with E-state index in [4.69, 9.17) is 4.52 Å². The summed E-state index contributed by atoms with van der Waals surface area (Å²) in [5.74, 6) is 0.851. The van der Waals surface area contributed by atoms with E-state index in [9.17, 15) is 8.42 Å². The Morgan fingerprint density at radius 3 is 2.41 bits per heavy atom. The number of hydrogen-bond acceptors (Lipinski definition) is 5. The molecule has 0 atom stereocenters. The fourth-order valence-electron chi connectivity index (χ4n) is 2.17. The molecule has 0 radical (unpaired) electrons. The number of benzene rings is 1. The molecule has 1 aromatic carbocycles. The standard InChI is InChI=1S/C16H22N2O3S/c1-4-18(12-15-11-14(3)17-21-15)9-10-22(19,20)16-7-5-13(2)6-8-16/h5-8,11H,4,9-10,12H2,1-3H3. The summed E-state index contributed by atoms with van der Waals surface area (Å²) in [5, 5.41) is 3.85. The van der Waals surface area contributed by atoms with Crippen LogP contribution in [-0.2, 0) is 16.4 Å². The van der Waals surface area contributed by atoms with Crippen molar-refractivity contribution < 1.29 is 12.9 Å². The molecule has 1 heterocycles. The van der Waals surface area contributed by atoms with Crippen LogP contribution in [0.1, 0.15) is 23.9 Å². The van der Waals surface area contributed by atoms with Crippen LogP contribution in [0.4, 0.5) is 0 Å². The Balaban J connectivity index is 1.98.